The van der Waals surface area contributed by atoms with Gasteiger partial charge in [-0.05, 0) is 43.5 Å². The van der Waals surface area contributed by atoms with Gasteiger partial charge in [-0.15, -0.1) is 0 Å². The van der Waals surface area contributed by atoms with Crippen LogP contribution in [-0.2, 0) is 11.8 Å². The summed E-state index contributed by atoms with van der Waals surface area (Å²) < 4.78 is 14.2. The number of aryl methyl sites for hydroxylation is 1. The SMILES string of the molecule is Cn1cc(-c2cc3cc(NC(=O)C4CCN(CCF)CC4)ncc3cn2)cn1. The van der Waals surface area contributed by atoms with Crippen molar-refractivity contribution in [3.8, 4) is 11.3 Å². The molecule has 1 N–H and O–H groups in total. The Morgan fingerprint density at radius 2 is 1.96 bits per heavy atom. The molecule has 3 aromatic rings. The van der Waals surface area contributed by atoms with E-state index in [1.54, 1.807) is 23.3 Å². The third-order valence-corrected chi connectivity index (χ3v) is 5.21. The minimum absolute atomic E-state index is 0.0201. The molecule has 8 heteroatoms. The van der Waals surface area contributed by atoms with Crippen molar-refractivity contribution in [3.05, 3.63) is 36.9 Å². The van der Waals surface area contributed by atoms with Crippen molar-refractivity contribution in [2.24, 2.45) is 13.0 Å². The highest BCUT2D eigenvalue weighted by Gasteiger charge is 2.25. The van der Waals surface area contributed by atoms with Gasteiger partial charge in [-0.1, -0.05) is 0 Å². The average molecular weight is 382 g/mol. The molecule has 0 atom stereocenters. The van der Waals surface area contributed by atoms with Gasteiger partial charge in [0.2, 0.25) is 5.91 Å². The zero-order chi connectivity index (χ0) is 19.5. The first-order valence-electron chi connectivity index (χ1n) is 9.46. The second-order valence-corrected chi connectivity index (χ2v) is 7.18. The number of rotatable bonds is 5. The molecule has 0 aromatic carbocycles. The van der Waals surface area contributed by atoms with Crippen molar-refractivity contribution in [2.75, 3.05) is 31.6 Å². The van der Waals surface area contributed by atoms with Gasteiger partial charge in [0.25, 0.3) is 0 Å². The summed E-state index contributed by atoms with van der Waals surface area (Å²) in [5, 5.41) is 8.98. The van der Waals surface area contributed by atoms with E-state index in [9.17, 15) is 9.18 Å². The Balaban J connectivity index is 1.47. The fraction of sp³-hybridized carbons (Fsp3) is 0.400. The van der Waals surface area contributed by atoms with Gasteiger partial charge in [-0.25, -0.2) is 9.37 Å². The number of anilines is 1. The molecule has 0 spiro atoms. The van der Waals surface area contributed by atoms with E-state index in [1.165, 1.54) is 0 Å². The third-order valence-electron chi connectivity index (χ3n) is 5.21. The van der Waals surface area contributed by atoms with Gasteiger partial charge in [-0.3, -0.25) is 14.5 Å². The second kappa shape index (κ2) is 8.02. The van der Waals surface area contributed by atoms with Crippen LogP contribution >= 0.6 is 0 Å². The Labute approximate surface area is 162 Å². The summed E-state index contributed by atoms with van der Waals surface area (Å²) in [5.74, 6) is 0.456. The Morgan fingerprint density at radius 1 is 1.18 bits per heavy atom. The number of carbonyl (C=O) groups excluding carboxylic acids is 1. The maximum Gasteiger partial charge on any atom is 0.228 e. The molecule has 0 saturated carbocycles. The molecule has 3 aromatic heterocycles. The molecule has 146 valence electrons. The standard InChI is InChI=1S/C20H23FN6O/c1-26-13-17(12-24-26)18-8-15-9-19(23-11-16(15)10-22-18)25-20(28)14-2-5-27(6-3-14)7-4-21/h8-14H,2-7H2,1H3,(H,23,25,28). The summed E-state index contributed by atoms with van der Waals surface area (Å²) in [6, 6.07) is 3.84. The number of amides is 1. The number of hydrogen-bond acceptors (Lipinski definition) is 5. The van der Waals surface area contributed by atoms with Crippen LogP contribution in [0.4, 0.5) is 10.2 Å². The lowest BCUT2D eigenvalue weighted by Crippen LogP contribution is -2.39. The van der Waals surface area contributed by atoms with Gasteiger partial charge in [0.15, 0.2) is 0 Å². The van der Waals surface area contributed by atoms with Gasteiger partial charge >= 0.3 is 0 Å². The Kier molecular flexibility index (Phi) is 5.29. The zero-order valence-corrected chi connectivity index (χ0v) is 15.8. The van der Waals surface area contributed by atoms with Crippen molar-refractivity contribution in [1.82, 2.24) is 24.6 Å². The van der Waals surface area contributed by atoms with Crippen LogP contribution in [0.5, 0.6) is 0 Å². The lowest BCUT2D eigenvalue weighted by molar-refractivity contribution is -0.121. The zero-order valence-electron chi connectivity index (χ0n) is 15.8. The molecule has 28 heavy (non-hydrogen) atoms. The minimum Gasteiger partial charge on any atom is -0.310 e. The van der Waals surface area contributed by atoms with Crippen molar-refractivity contribution < 1.29 is 9.18 Å². The van der Waals surface area contributed by atoms with Crippen LogP contribution < -0.4 is 5.32 Å². The second-order valence-electron chi connectivity index (χ2n) is 7.18. The number of alkyl halides is 1. The number of pyridine rings is 2. The van der Waals surface area contributed by atoms with Gasteiger partial charge in [-0.2, -0.15) is 5.10 Å². The van der Waals surface area contributed by atoms with Crippen molar-refractivity contribution in [1.29, 1.82) is 0 Å². The van der Waals surface area contributed by atoms with Crippen LogP contribution in [0, 0.1) is 5.92 Å². The number of aromatic nitrogens is 4. The molecule has 0 unspecified atom stereocenters. The summed E-state index contributed by atoms with van der Waals surface area (Å²) in [4.78, 5) is 23.5. The first-order chi connectivity index (χ1) is 13.6. The Hall–Kier alpha value is -2.87. The minimum atomic E-state index is -0.340. The van der Waals surface area contributed by atoms with Crippen LogP contribution in [0.3, 0.4) is 0 Å². The third kappa shape index (κ3) is 4.01. The van der Waals surface area contributed by atoms with Gasteiger partial charge < -0.3 is 10.2 Å². The molecule has 0 bridgehead atoms. The molecule has 0 aliphatic carbocycles. The summed E-state index contributed by atoms with van der Waals surface area (Å²) in [5.41, 5.74) is 1.76. The predicted octanol–water partition coefficient (Wildman–Crippen LogP) is 2.65. The Morgan fingerprint density at radius 3 is 2.68 bits per heavy atom. The van der Waals surface area contributed by atoms with Crippen LogP contribution in [-0.4, -0.2) is 56.9 Å². The van der Waals surface area contributed by atoms with E-state index in [2.05, 4.69) is 25.3 Å². The van der Waals surface area contributed by atoms with E-state index >= 15 is 0 Å². The average Bonchev–Trinajstić information content (AvgIpc) is 3.14. The van der Waals surface area contributed by atoms with Crippen LogP contribution in [0.1, 0.15) is 12.8 Å². The highest BCUT2D eigenvalue weighted by atomic mass is 19.1. The molecule has 1 aliphatic rings. The Bertz CT molecular complexity index is 980. The first kappa shape index (κ1) is 18.5. The topological polar surface area (TPSA) is 75.9 Å². The van der Waals surface area contributed by atoms with Crippen LogP contribution in [0.15, 0.2) is 36.9 Å². The predicted molar refractivity (Wildman–Crippen MR) is 106 cm³/mol. The number of carbonyl (C=O) groups is 1. The van der Waals surface area contributed by atoms with Gasteiger partial charge in [0, 0.05) is 49.1 Å². The summed E-state index contributed by atoms with van der Waals surface area (Å²) in [7, 11) is 1.87. The lowest BCUT2D eigenvalue weighted by Gasteiger charge is -2.30. The number of likely N-dealkylation sites (tertiary alicyclic amines) is 1. The molecule has 4 heterocycles. The van der Waals surface area contributed by atoms with Crippen molar-refractivity contribution in [2.45, 2.75) is 12.8 Å². The van der Waals surface area contributed by atoms with E-state index in [-0.39, 0.29) is 18.5 Å². The molecular formula is C20H23FN6O. The van der Waals surface area contributed by atoms with Crippen molar-refractivity contribution in [3.63, 3.8) is 0 Å². The fourth-order valence-corrected chi connectivity index (χ4v) is 3.58. The van der Waals surface area contributed by atoms with Crippen LogP contribution in [0.2, 0.25) is 0 Å². The number of fused-ring (bicyclic) bond motifs is 1. The van der Waals surface area contributed by atoms with E-state index in [0.717, 1.165) is 48.0 Å². The van der Waals surface area contributed by atoms with E-state index in [4.69, 9.17) is 0 Å². The summed E-state index contributed by atoms with van der Waals surface area (Å²) in [6.45, 7) is 1.63. The number of nitrogens with zero attached hydrogens (tertiary/aromatic N) is 5. The molecule has 7 nitrogen and oxygen atoms in total. The summed E-state index contributed by atoms with van der Waals surface area (Å²) >= 11 is 0. The molecule has 4 rings (SSSR count). The van der Waals surface area contributed by atoms with E-state index in [1.807, 2.05) is 25.4 Å². The smallest absolute Gasteiger partial charge is 0.228 e. The van der Waals surface area contributed by atoms with Gasteiger partial charge in [0.05, 0.1) is 11.9 Å². The van der Waals surface area contributed by atoms with E-state index in [0.29, 0.717) is 12.4 Å². The molecule has 1 aliphatic heterocycles. The van der Waals surface area contributed by atoms with E-state index < -0.39 is 0 Å². The molecule has 1 saturated heterocycles. The number of nitrogens with one attached hydrogen (secondary N) is 1. The molecule has 1 fully saturated rings. The highest BCUT2D eigenvalue weighted by Crippen LogP contribution is 2.24. The number of halogens is 1. The fourth-order valence-electron chi connectivity index (χ4n) is 3.58. The normalized spacial score (nSPS) is 15.8. The molecule has 1 amide bonds. The number of piperidine rings is 1. The first-order valence-corrected chi connectivity index (χ1v) is 9.46. The number of hydrogen-bond donors (Lipinski definition) is 1. The largest absolute Gasteiger partial charge is 0.310 e. The highest BCUT2D eigenvalue weighted by molar-refractivity contribution is 5.94. The van der Waals surface area contributed by atoms with Crippen molar-refractivity contribution >= 4 is 22.5 Å². The molecule has 0 radical (unpaired) electrons. The molecular weight excluding hydrogens is 359 g/mol. The quantitative estimate of drug-likeness (QED) is 0.734. The maximum absolute atomic E-state index is 12.6. The maximum atomic E-state index is 12.6. The lowest BCUT2D eigenvalue weighted by atomic mass is 9.96. The monoisotopic (exact) mass is 382 g/mol. The van der Waals surface area contributed by atoms with Crippen LogP contribution in [0.25, 0.3) is 22.0 Å². The summed E-state index contributed by atoms with van der Waals surface area (Å²) in [6.07, 6.45) is 8.66. The van der Waals surface area contributed by atoms with Gasteiger partial charge in [0.1, 0.15) is 12.5 Å².